The van der Waals surface area contributed by atoms with Crippen molar-refractivity contribution in [3.8, 4) is 0 Å². The first-order valence-corrected chi connectivity index (χ1v) is 6.41. The summed E-state index contributed by atoms with van der Waals surface area (Å²) in [7, 11) is 0. The zero-order chi connectivity index (χ0) is 13.8. The van der Waals surface area contributed by atoms with E-state index in [2.05, 4.69) is 29.2 Å². The molecule has 0 aliphatic carbocycles. The van der Waals surface area contributed by atoms with Gasteiger partial charge in [-0.3, -0.25) is 14.5 Å². The summed E-state index contributed by atoms with van der Waals surface area (Å²) in [6, 6.07) is 5.44. The SMILES string of the molecule is CCn1nc(C(C)C)cc1C(=O)Nc1cccnc1. The van der Waals surface area contributed by atoms with Gasteiger partial charge in [-0.15, -0.1) is 0 Å². The summed E-state index contributed by atoms with van der Waals surface area (Å²) in [5.41, 5.74) is 2.19. The predicted molar refractivity (Wildman–Crippen MR) is 74.2 cm³/mol. The van der Waals surface area contributed by atoms with E-state index in [9.17, 15) is 4.79 Å². The van der Waals surface area contributed by atoms with Gasteiger partial charge in [0.2, 0.25) is 0 Å². The molecule has 0 saturated heterocycles. The second-order valence-electron chi connectivity index (χ2n) is 4.62. The highest BCUT2D eigenvalue weighted by Gasteiger charge is 2.16. The van der Waals surface area contributed by atoms with Crippen LogP contribution in [-0.4, -0.2) is 20.7 Å². The van der Waals surface area contributed by atoms with Gasteiger partial charge in [-0.1, -0.05) is 13.8 Å². The highest BCUT2D eigenvalue weighted by molar-refractivity contribution is 6.03. The van der Waals surface area contributed by atoms with Crippen LogP contribution < -0.4 is 5.32 Å². The number of aromatic nitrogens is 3. The number of anilines is 1. The zero-order valence-electron chi connectivity index (χ0n) is 11.4. The predicted octanol–water partition coefficient (Wildman–Crippen LogP) is 2.67. The van der Waals surface area contributed by atoms with Gasteiger partial charge >= 0.3 is 0 Å². The summed E-state index contributed by atoms with van der Waals surface area (Å²) in [4.78, 5) is 16.2. The third-order valence-corrected chi connectivity index (χ3v) is 2.84. The molecule has 0 bridgehead atoms. The molecule has 0 aromatic carbocycles. The second-order valence-corrected chi connectivity index (χ2v) is 4.62. The molecule has 1 amide bonds. The minimum Gasteiger partial charge on any atom is -0.319 e. The van der Waals surface area contributed by atoms with E-state index in [0.717, 1.165) is 5.69 Å². The van der Waals surface area contributed by atoms with Crippen LogP contribution in [0.2, 0.25) is 0 Å². The summed E-state index contributed by atoms with van der Waals surface area (Å²) in [5, 5.41) is 7.25. The van der Waals surface area contributed by atoms with E-state index < -0.39 is 0 Å². The van der Waals surface area contributed by atoms with Gasteiger partial charge in [-0.05, 0) is 31.0 Å². The Morgan fingerprint density at radius 1 is 1.47 bits per heavy atom. The lowest BCUT2D eigenvalue weighted by Crippen LogP contribution is -2.17. The van der Waals surface area contributed by atoms with Crippen LogP contribution in [-0.2, 0) is 6.54 Å². The first-order chi connectivity index (χ1) is 9.11. The molecular formula is C14H18N4O. The molecule has 0 aliphatic rings. The average molecular weight is 258 g/mol. The molecular weight excluding hydrogens is 240 g/mol. The van der Waals surface area contributed by atoms with Crippen molar-refractivity contribution >= 4 is 11.6 Å². The summed E-state index contributed by atoms with van der Waals surface area (Å²) >= 11 is 0. The Balaban J connectivity index is 2.23. The van der Waals surface area contributed by atoms with E-state index >= 15 is 0 Å². The maximum Gasteiger partial charge on any atom is 0.273 e. The van der Waals surface area contributed by atoms with Crippen molar-refractivity contribution in [1.29, 1.82) is 0 Å². The van der Waals surface area contributed by atoms with E-state index in [0.29, 0.717) is 23.8 Å². The van der Waals surface area contributed by atoms with Crippen LogP contribution >= 0.6 is 0 Å². The van der Waals surface area contributed by atoms with Crippen molar-refractivity contribution in [2.75, 3.05) is 5.32 Å². The molecule has 1 N–H and O–H groups in total. The van der Waals surface area contributed by atoms with E-state index in [1.807, 2.05) is 13.0 Å². The largest absolute Gasteiger partial charge is 0.319 e. The van der Waals surface area contributed by atoms with Gasteiger partial charge in [0.05, 0.1) is 17.6 Å². The van der Waals surface area contributed by atoms with Gasteiger partial charge < -0.3 is 5.32 Å². The van der Waals surface area contributed by atoms with Crippen LogP contribution in [0.5, 0.6) is 0 Å². The third-order valence-electron chi connectivity index (χ3n) is 2.84. The average Bonchev–Trinajstić information content (AvgIpc) is 2.84. The molecule has 0 aliphatic heterocycles. The molecule has 0 fully saturated rings. The fourth-order valence-corrected chi connectivity index (χ4v) is 1.77. The number of carbonyl (C=O) groups excluding carboxylic acids is 1. The Morgan fingerprint density at radius 3 is 2.84 bits per heavy atom. The van der Waals surface area contributed by atoms with Crippen molar-refractivity contribution < 1.29 is 4.79 Å². The van der Waals surface area contributed by atoms with Crippen LogP contribution in [0.3, 0.4) is 0 Å². The Bertz CT molecular complexity index is 560. The number of carbonyl (C=O) groups is 1. The Labute approximate surface area is 112 Å². The molecule has 100 valence electrons. The lowest BCUT2D eigenvalue weighted by Gasteiger charge is -2.05. The number of amides is 1. The van der Waals surface area contributed by atoms with Crippen molar-refractivity contribution in [2.45, 2.75) is 33.2 Å². The number of hydrogen-bond donors (Lipinski definition) is 1. The Morgan fingerprint density at radius 2 is 2.26 bits per heavy atom. The number of pyridine rings is 1. The summed E-state index contributed by atoms with van der Waals surface area (Å²) in [6.45, 7) is 6.76. The standard InChI is InChI=1S/C14H18N4O/c1-4-18-13(8-12(17-18)10(2)3)14(19)16-11-6-5-7-15-9-11/h5-10H,4H2,1-3H3,(H,16,19). The molecule has 19 heavy (non-hydrogen) atoms. The van der Waals surface area contributed by atoms with Gasteiger partial charge in [0, 0.05) is 12.7 Å². The number of hydrogen-bond acceptors (Lipinski definition) is 3. The minimum atomic E-state index is -0.158. The second kappa shape index (κ2) is 5.65. The van der Waals surface area contributed by atoms with Crippen LogP contribution in [0.15, 0.2) is 30.6 Å². The summed E-state index contributed by atoms with van der Waals surface area (Å²) in [5.74, 6) is 0.145. The number of rotatable bonds is 4. The number of nitrogens with zero attached hydrogens (tertiary/aromatic N) is 3. The molecule has 0 unspecified atom stereocenters. The maximum absolute atomic E-state index is 12.2. The van der Waals surface area contributed by atoms with Gasteiger partial charge in [0.1, 0.15) is 5.69 Å². The van der Waals surface area contributed by atoms with Gasteiger partial charge in [-0.2, -0.15) is 5.10 Å². The molecule has 0 saturated carbocycles. The van der Waals surface area contributed by atoms with Crippen LogP contribution in [0.25, 0.3) is 0 Å². The van der Waals surface area contributed by atoms with E-state index in [1.54, 1.807) is 29.2 Å². The zero-order valence-corrected chi connectivity index (χ0v) is 11.4. The van der Waals surface area contributed by atoms with Crippen molar-refractivity contribution in [3.05, 3.63) is 42.0 Å². The van der Waals surface area contributed by atoms with Gasteiger partial charge in [0.15, 0.2) is 0 Å². The first kappa shape index (κ1) is 13.3. The van der Waals surface area contributed by atoms with Crippen LogP contribution in [0.4, 0.5) is 5.69 Å². The van der Waals surface area contributed by atoms with Crippen molar-refractivity contribution in [2.24, 2.45) is 0 Å². The van der Waals surface area contributed by atoms with Gasteiger partial charge in [-0.25, -0.2) is 0 Å². The summed E-state index contributed by atoms with van der Waals surface area (Å²) < 4.78 is 1.72. The summed E-state index contributed by atoms with van der Waals surface area (Å²) in [6.07, 6.45) is 3.29. The van der Waals surface area contributed by atoms with Gasteiger partial charge in [0.25, 0.3) is 5.91 Å². The molecule has 2 heterocycles. The molecule has 5 nitrogen and oxygen atoms in total. The fourth-order valence-electron chi connectivity index (χ4n) is 1.77. The molecule has 0 radical (unpaired) electrons. The van der Waals surface area contributed by atoms with Crippen molar-refractivity contribution in [1.82, 2.24) is 14.8 Å². The normalized spacial score (nSPS) is 10.7. The van der Waals surface area contributed by atoms with Crippen LogP contribution in [0.1, 0.15) is 42.9 Å². The lowest BCUT2D eigenvalue weighted by molar-refractivity contribution is 0.101. The number of nitrogens with one attached hydrogen (secondary N) is 1. The fraction of sp³-hybridized carbons (Fsp3) is 0.357. The highest BCUT2D eigenvalue weighted by Crippen LogP contribution is 2.16. The van der Waals surface area contributed by atoms with E-state index in [-0.39, 0.29) is 5.91 Å². The monoisotopic (exact) mass is 258 g/mol. The highest BCUT2D eigenvalue weighted by atomic mass is 16.2. The Kier molecular flexibility index (Phi) is 3.94. The molecule has 5 heteroatoms. The van der Waals surface area contributed by atoms with E-state index in [4.69, 9.17) is 0 Å². The molecule has 2 aromatic heterocycles. The third kappa shape index (κ3) is 2.99. The quantitative estimate of drug-likeness (QED) is 0.917. The smallest absolute Gasteiger partial charge is 0.273 e. The molecule has 0 spiro atoms. The minimum absolute atomic E-state index is 0.158. The molecule has 2 rings (SSSR count). The van der Waals surface area contributed by atoms with Crippen LogP contribution in [0, 0.1) is 0 Å². The maximum atomic E-state index is 12.2. The van der Waals surface area contributed by atoms with E-state index in [1.165, 1.54) is 0 Å². The lowest BCUT2D eigenvalue weighted by atomic mass is 10.1. The Hall–Kier alpha value is -2.17. The first-order valence-electron chi connectivity index (χ1n) is 6.41. The topological polar surface area (TPSA) is 59.8 Å². The van der Waals surface area contributed by atoms with Crippen molar-refractivity contribution in [3.63, 3.8) is 0 Å². The molecule has 2 aromatic rings. The number of aryl methyl sites for hydroxylation is 1. The molecule has 0 atom stereocenters.